The molecule has 3 heterocycles. The van der Waals surface area contributed by atoms with Crippen LogP contribution < -0.4 is 20.1 Å². The molecular formula is C21H17N7O5S. The molecular weight excluding hydrogens is 462 g/mol. The molecule has 2 aromatic carbocycles. The Bertz CT molecular complexity index is 1350. The average molecular weight is 479 g/mol. The molecule has 4 aromatic rings. The second-order valence-corrected chi connectivity index (χ2v) is 7.97. The van der Waals surface area contributed by atoms with Crippen LogP contribution in [0.3, 0.4) is 0 Å². The van der Waals surface area contributed by atoms with Gasteiger partial charge in [0, 0.05) is 24.4 Å². The van der Waals surface area contributed by atoms with Crippen LogP contribution in [0.1, 0.15) is 6.92 Å². The number of nitrogens with one attached hydrogen (secondary N) is 2. The quantitative estimate of drug-likeness (QED) is 0.379. The van der Waals surface area contributed by atoms with Crippen LogP contribution in [0.5, 0.6) is 11.5 Å². The Morgan fingerprint density at radius 3 is 2.68 bits per heavy atom. The second kappa shape index (κ2) is 9.23. The molecule has 12 nitrogen and oxygen atoms in total. The van der Waals surface area contributed by atoms with Crippen LogP contribution in [-0.2, 0) is 9.59 Å². The Kier molecular flexibility index (Phi) is 5.82. The number of benzene rings is 2. The van der Waals surface area contributed by atoms with Gasteiger partial charge in [0.25, 0.3) is 0 Å². The van der Waals surface area contributed by atoms with Crippen molar-refractivity contribution in [3.8, 4) is 28.7 Å². The van der Waals surface area contributed by atoms with E-state index >= 15 is 0 Å². The first-order valence-corrected chi connectivity index (χ1v) is 11.0. The highest BCUT2D eigenvalue weighted by Gasteiger charge is 2.24. The zero-order chi connectivity index (χ0) is 23.5. The molecule has 0 atom stereocenters. The van der Waals surface area contributed by atoms with E-state index in [4.69, 9.17) is 14.1 Å². The summed E-state index contributed by atoms with van der Waals surface area (Å²) in [6.07, 6.45) is 0. The van der Waals surface area contributed by atoms with Crippen molar-refractivity contribution >= 4 is 35.1 Å². The van der Waals surface area contributed by atoms with Crippen molar-refractivity contribution in [1.29, 1.82) is 0 Å². The van der Waals surface area contributed by atoms with Crippen molar-refractivity contribution in [3.05, 3.63) is 48.5 Å². The van der Waals surface area contributed by atoms with Gasteiger partial charge >= 0.3 is 0 Å². The smallest absolute Gasteiger partial charge is 0.234 e. The second-order valence-electron chi connectivity index (χ2n) is 7.02. The summed E-state index contributed by atoms with van der Waals surface area (Å²) in [6.45, 7) is 1.51. The summed E-state index contributed by atoms with van der Waals surface area (Å²) >= 11 is 1.19. The van der Waals surface area contributed by atoms with Gasteiger partial charge < -0.3 is 20.1 Å². The maximum absolute atomic E-state index is 12.6. The number of hydrogen-bond donors (Lipinski definition) is 2. The van der Waals surface area contributed by atoms with Gasteiger partial charge in [-0.1, -0.05) is 30.0 Å². The number of thioether (sulfide) groups is 1. The van der Waals surface area contributed by atoms with Crippen LogP contribution in [0.25, 0.3) is 17.2 Å². The van der Waals surface area contributed by atoms with Gasteiger partial charge in [-0.15, -0.1) is 10.2 Å². The van der Waals surface area contributed by atoms with E-state index in [-0.39, 0.29) is 35.9 Å². The van der Waals surface area contributed by atoms with E-state index in [0.29, 0.717) is 28.2 Å². The van der Waals surface area contributed by atoms with Gasteiger partial charge in [-0.05, 0) is 34.6 Å². The molecule has 0 spiro atoms. The maximum atomic E-state index is 12.6. The summed E-state index contributed by atoms with van der Waals surface area (Å²) in [6, 6.07) is 14.5. The molecule has 2 amide bonds. The molecule has 2 N–H and O–H groups in total. The van der Waals surface area contributed by atoms with Crippen LogP contribution in [0.15, 0.2) is 58.3 Å². The van der Waals surface area contributed by atoms with Crippen molar-refractivity contribution < 1.29 is 23.7 Å². The molecule has 0 saturated heterocycles. The van der Waals surface area contributed by atoms with Crippen LogP contribution in [0.4, 0.5) is 11.5 Å². The normalized spacial score (nSPS) is 11.9. The molecule has 1 aliphatic rings. The molecule has 0 bridgehead atoms. The largest absolute Gasteiger partial charge is 0.454 e. The number of carbonyl (C=O) groups excluding carboxylic acids is 2. The van der Waals surface area contributed by atoms with E-state index in [2.05, 4.69) is 31.1 Å². The van der Waals surface area contributed by atoms with Gasteiger partial charge in [-0.25, -0.2) is 4.63 Å². The molecule has 0 radical (unpaired) electrons. The molecule has 34 heavy (non-hydrogen) atoms. The fraction of sp³-hybridized carbons (Fsp3) is 0.143. The first-order valence-electron chi connectivity index (χ1n) is 10.0. The van der Waals surface area contributed by atoms with Crippen molar-refractivity contribution in [3.63, 3.8) is 0 Å². The average Bonchev–Trinajstić information content (AvgIpc) is 3.57. The maximum Gasteiger partial charge on any atom is 0.234 e. The summed E-state index contributed by atoms with van der Waals surface area (Å²) < 4.78 is 17.1. The summed E-state index contributed by atoms with van der Waals surface area (Å²) in [5, 5.41) is 21.9. The van der Waals surface area contributed by atoms with Crippen LogP contribution in [0.2, 0.25) is 0 Å². The third-order valence-corrected chi connectivity index (χ3v) is 5.56. The van der Waals surface area contributed by atoms with Crippen LogP contribution >= 0.6 is 11.8 Å². The Morgan fingerprint density at radius 1 is 1.03 bits per heavy atom. The zero-order valence-electron chi connectivity index (χ0n) is 17.7. The van der Waals surface area contributed by atoms with E-state index in [1.807, 2.05) is 30.3 Å². The number of nitrogens with zero attached hydrogens (tertiary/aromatic N) is 5. The standard InChI is InChI=1S/C21H17N7O5S/c1-12(29)22-19-18(26-33-27-19)20-24-25-21(28(20)14-5-3-2-4-6-14)34-10-17(30)23-13-7-8-15-16(9-13)32-11-31-15/h2-9H,10-11H2,1H3,(H,23,30)(H,22,27,29). The molecule has 5 rings (SSSR count). The van der Waals surface area contributed by atoms with Gasteiger partial charge in [0.15, 0.2) is 28.2 Å². The topological polar surface area (TPSA) is 146 Å². The number of rotatable bonds is 7. The fourth-order valence-corrected chi connectivity index (χ4v) is 3.96. The highest BCUT2D eigenvalue weighted by Crippen LogP contribution is 2.34. The molecule has 0 saturated carbocycles. The first-order chi connectivity index (χ1) is 16.6. The summed E-state index contributed by atoms with van der Waals surface area (Å²) in [5.41, 5.74) is 1.54. The summed E-state index contributed by atoms with van der Waals surface area (Å²) in [5.74, 6) is 1.12. The Balaban J connectivity index is 1.38. The van der Waals surface area contributed by atoms with Crippen LogP contribution in [0, 0.1) is 0 Å². The third-order valence-electron chi connectivity index (χ3n) is 4.63. The molecule has 0 aliphatic carbocycles. The van der Waals surface area contributed by atoms with Crippen molar-refractivity contribution in [2.24, 2.45) is 0 Å². The number of anilines is 2. The number of ether oxygens (including phenoxy) is 2. The number of fused-ring (bicyclic) bond motifs is 1. The van der Waals surface area contributed by atoms with E-state index in [9.17, 15) is 9.59 Å². The molecule has 2 aromatic heterocycles. The predicted molar refractivity (Wildman–Crippen MR) is 121 cm³/mol. The molecule has 1 aliphatic heterocycles. The number of aromatic nitrogens is 5. The Hall–Kier alpha value is -4.39. The monoisotopic (exact) mass is 479 g/mol. The zero-order valence-corrected chi connectivity index (χ0v) is 18.5. The van der Waals surface area contributed by atoms with Gasteiger partial charge in [-0.2, -0.15) is 0 Å². The van der Waals surface area contributed by atoms with E-state index < -0.39 is 0 Å². The lowest BCUT2D eigenvalue weighted by atomic mass is 10.3. The lowest BCUT2D eigenvalue weighted by molar-refractivity contribution is -0.114. The predicted octanol–water partition coefficient (Wildman–Crippen LogP) is 2.74. The molecule has 0 unspecified atom stereocenters. The minimum Gasteiger partial charge on any atom is -0.454 e. The van der Waals surface area contributed by atoms with Gasteiger partial charge in [0.2, 0.25) is 24.4 Å². The minimum atomic E-state index is -0.336. The fourth-order valence-electron chi connectivity index (χ4n) is 3.21. The summed E-state index contributed by atoms with van der Waals surface area (Å²) in [7, 11) is 0. The van der Waals surface area contributed by atoms with E-state index in [1.54, 1.807) is 22.8 Å². The number of para-hydroxylation sites is 1. The van der Waals surface area contributed by atoms with Crippen molar-refractivity contribution in [1.82, 2.24) is 25.1 Å². The lowest BCUT2D eigenvalue weighted by Crippen LogP contribution is -2.14. The number of hydrogen-bond acceptors (Lipinski definition) is 10. The highest BCUT2D eigenvalue weighted by atomic mass is 32.2. The van der Waals surface area contributed by atoms with Crippen molar-refractivity contribution in [2.75, 3.05) is 23.2 Å². The van der Waals surface area contributed by atoms with Gasteiger partial charge in [0.1, 0.15) is 0 Å². The van der Waals surface area contributed by atoms with Gasteiger partial charge in [0.05, 0.1) is 5.75 Å². The van der Waals surface area contributed by atoms with E-state index in [1.165, 1.54) is 18.7 Å². The first kappa shape index (κ1) is 21.5. The minimum absolute atomic E-state index is 0.0645. The molecule has 13 heteroatoms. The Morgan fingerprint density at radius 2 is 1.85 bits per heavy atom. The number of amides is 2. The Labute approximate surface area is 196 Å². The number of carbonyl (C=O) groups is 2. The highest BCUT2D eigenvalue weighted by molar-refractivity contribution is 7.99. The van der Waals surface area contributed by atoms with Crippen LogP contribution in [-0.4, -0.2) is 49.4 Å². The molecule has 172 valence electrons. The third kappa shape index (κ3) is 4.41. The van der Waals surface area contributed by atoms with Gasteiger partial charge in [-0.3, -0.25) is 14.2 Å². The lowest BCUT2D eigenvalue weighted by Gasteiger charge is -2.10. The summed E-state index contributed by atoms with van der Waals surface area (Å²) in [4.78, 5) is 24.1. The van der Waals surface area contributed by atoms with E-state index in [0.717, 1.165) is 5.69 Å². The molecule has 0 fully saturated rings. The van der Waals surface area contributed by atoms with Crippen molar-refractivity contribution in [2.45, 2.75) is 12.1 Å². The SMILES string of the molecule is CC(=O)Nc1nonc1-c1nnc(SCC(=O)Nc2ccc3c(c2)OCO3)n1-c1ccccc1.